The second-order valence-corrected chi connectivity index (χ2v) is 5.29. The third-order valence-electron chi connectivity index (χ3n) is 3.42. The molecule has 0 saturated heterocycles. The molecule has 3 aromatic rings. The third kappa shape index (κ3) is 4.23. The van der Waals surface area contributed by atoms with Crippen molar-refractivity contribution in [3.8, 4) is 17.2 Å². The van der Waals surface area contributed by atoms with Crippen LogP contribution in [0.4, 0.5) is 24.5 Å². The molecule has 25 heavy (non-hydrogen) atoms. The first-order valence-corrected chi connectivity index (χ1v) is 7.42. The number of phenolic OH excluding ortho intramolecular Hbond substituents is 1. The summed E-state index contributed by atoms with van der Waals surface area (Å²) in [5.41, 5.74) is -0.261. The number of para-hydroxylation sites is 1. The van der Waals surface area contributed by atoms with Crippen LogP contribution >= 0.6 is 0 Å². The van der Waals surface area contributed by atoms with Gasteiger partial charge >= 0.3 is 6.18 Å². The van der Waals surface area contributed by atoms with Crippen LogP contribution < -0.4 is 10.1 Å². The van der Waals surface area contributed by atoms with Crippen LogP contribution in [0.25, 0.3) is 0 Å². The molecule has 0 aliphatic rings. The van der Waals surface area contributed by atoms with Crippen molar-refractivity contribution >= 4 is 11.4 Å². The Morgan fingerprint density at radius 1 is 0.760 bits per heavy atom. The number of hydrogen-bond donors (Lipinski definition) is 2. The number of anilines is 2. The molecule has 0 saturated carbocycles. The summed E-state index contributed by atoms with van der Waals surface area (Å²) >= 11 is 0. The summed E-state index contributed by atoms with van der Waals surface area (Å²) in [5, 5.41) is 12.2. The van der Waals surface area contributed by atoms with E-state index < -0.39 is 17.5 Å². The van der Waals surface area contributed by atoms with Gasteiger partial charge in [0.15, 0.2) is 0 Å². The van der Waals surface area contributed by atoms with Gasteiger partial charge in [-0.2, -0.15) is 13.2 Å². The van der Waals surface area contributed by atoms with Crippen molar-refractivity contribution in [2.75, 3.05) is 5.32 Å². The minimum atomic E-state index is -4.62. The number of alkyl halides is 3. The molecule has 0 amide bonds. The molecule has 0 heterocycles. The molecule has 0 bridgehead atoms. The second-order valence-electron chi connectivity index (χ2n) is 5.29. The molecule has 128 valence electrons. The summed E-state index contributed by atoms with van der Waals surface area (Å²) < 4.78 is 44.1. The zero-order valence-corrected chi connectivity index (χ0v) is 12.9. The fraction of sp³-hybridized carbons (Fsp3) is 0.0526. The van der Waals surface area contributed by atoms with Crippen molar-refractivity contribution < 1.29 is 23.0 Å². The average molecular weight is 345 g/mol. The molecular formula is C19H14F3NO2. The SMILES string of the molecule is Oc1ccc(Nc2ccc(Oc3ccccc3)cc2)cc1C(F)(F)F. The van der Waals surface area contributed by atoms with Crippen LogP contribution in [0.5, 0.6) is 17.2 Å². The molecular weight excluding hydrogens is 331 g/mol. The second kappa shape index (κ2) is 6.76. The Morgan fingerprint density at radius 2 is 1.36 bits per heavy atom. The van der Waals surface area contributed by atoms with E-state index in [0.717, 1.165) is 12.1 Å². The van der Waals surface area contributed by atoms with Crippen LogP contribution in [0.2, 0.25) is 0 Å². The maximum absolute atomic E-state index is 12.8. The molecule has 0 radical (unpaired) electrons. The zero-order chi connectivity index (χ0) is 17.9. The Kier molecular flexibility index (Phi) is 4.52. The highest BCUT2D eigenvalue weighted by Gasteiger charge is 2.34. The van der Waals surface area contributed by atoms with Gasteiger partial charge in [-0.25, -0.2) is 0 Å². The smallest absolute Gasteiger partial charge is 0.420 e. The quantitative estimate of drug-likeness (QED) is 0.574. The number of phenols is 1. The predicted molar refractivity (Wildman–Crippen MR) is 89.3 cm³/mol. The lowest BCUT2D eigenvalue weighted by atomic mass is 10.1. The molecule has 3 aromatic carbocycles. The summed E-state index contributed by atoms with van der Waals surface area (Å²) in [6.07, 6.45) is -4.62. The van der Waals surface area contributed by atoms with Crippen LogP contribution in [0.3, 0.4) is 0 Å². The van der Waals surface area contributed by atoms with Crippen LogP contribution in [0, 0.1) is 0 Å². The van der Waals surface area contributed by atoms with Gasteiger partial charge in [-0.1, -0.05) is 18.2 Å². The van der Waals surface area contributed by atoms with Crippen molar-refractivity contribution in [2.24, 2.45) is 0 Å². The van der Waals surface area contributed by atoms with E-state index in [9.17, 15) is 18.3 Å². The molecule has 0 atom stereocenters. The number of halogens is 3. The van der Waals surface area contributed by atoms with Gasteiger partial charge in [-0.15, -0.1) is 0 Å². The lowest BCUT2D eigenvalue weighted by Gasteiger charge is -2.13. The third-order valence-corrected chi connectivity index (χ3v) is 3.42. The Labute approximate surface area is 142 Å². The molecule has 0 aliphatic heterocycles. The Hall–Kier alpha value is -3.15. The number of benzene rings is 3. The number of hydrogen-bond acceptors (Lipinski definition) is 3. The first kappa shape index (κ1) is 16.7. The number of ether oxygens (including phenoxy) is 1. The van der Waals surface area contributed by atoms with Gasteiger partial charge in [0.25, 0.3) is 0 Å². The van der Waals surface area contributed by atoms with Gasteiger partial charge in [-0.05, 0) is 54.6 Å². The minimum Gasteiger partial charge on any atom is -0.507 e. The molecule has 6 heteroatoms. The summed E-state index contributed by atoms with van der Waals surface area (Å²) in [4.78, 5) is 0. The van der Waals surface area contributed by atoms with Gasteiger partial charge in [0.1, 0.15) is 17.2 Å². The topological polar surface area (TPSA) is 41.5 Å². The van der Waals surface area contributed by atoms with E-state index in [1.165, 1.54) is 6.07 Å². The highest BCUT2D eigenvalue weighted by Crippen LogP contribution is 2.37. The normalized spacial score (nSPS) is 11.2. The highest BCUT2D eigenvalue weighted by molar-refractivity contribution is 5.62. The van der Waals surface area contributed by atoms with E-state index in [0.29, 0.717) is 17.2 Å². The first-order chi connectivity index (χ1) is 11.9. The lowest BCUT2D eigenvalue weighted by Crippen LogP contribution is -2.06. The van der Waals surface area contributed by atoms with E-state index in [-0.39, 0.29) is 5.69 Å². The summed E-state index contributed by atoms with van der Waals surface area (Å²) in [5.74, 6) is 0.500. The Balaban J connectivity index is 1.74. The van der Waals surface area contributed by atoms with E-state index in [2.05, 4.69) is 5.32 Å². The monoisotopic (exact) mass is 345 g/mol. The van der Waals surface area contributed by atoms with Crippen molar-refractivity contribution in [1.29, 1.82) is 0 Å². The molecule has 0 aliphatic carbocycles. The van der Waals surface area contributed by atoms with E-state index >= 15 is 0 Å². The van der Waals surface area contributed by atoms with Crippen molar-refractivity contribution in [1.82, 2.24) is 0 Å². The first-order valence-electron chi connectivity index (χ1n) is 7.42. The lowest BCUT2D eigenvalue weighted by molar-refractivity contribution is -0.138. The maximum atomic E-state index is 12.8. The Bertz CT molecular complexity index is 847. The fourth-order valence-electron chi connectivity index (χ4n) is 2.24. The highest BCUT2D eigenvalue weighted by atomic mass is 19.4. The van der Waals surface area contributed by atoms with Gasteiger partial charge < -0.3 is 15.2 Å². The summed E-state index contributed by atoms with van der Waals surface area (Å²) in [7, 11) is 0. The molecule has 0 aromatic heterocycles. The van der Waals surface area contributed by atoms with Gasteiger partial charge in [0, 0.05) is 11.4 Å². The minimum absolute atomic E-state index is 0.224. The van der Waals surface area contributed by atoms with Crippen molar-refractivity contribution in [3.05, 3.63) is 78.4 Å². The van der Waals surface area contributed by atoms with Crippen molar-refractivity contribution in [3.63, 3.8) is 0 Å². The predicted octanol–water partition coefficient (Wildman–Crippen LogP) is 5.95. The number of rotatable bonds is 4. The summed E-state index contributed by atoms with van der Waals surface area (Å²) in [6, 6.07) is 19.3. The maximum Gasteiger partial charge on any atom is 0.420 e. The molecule has 0 spiro atoms. The van der Waals surface area contributed by atoms with Gasteiger partial charge in [0.2, 0.25) is 0 Å². The summed E-state index contributed by atoms with van der Waals surface area (Å²) in [6.45, 7) is 0. The fourth-order valence-corrected chi connectivity index (χ4v) is 2.24. The van der Waals surface area contributed by atoms with Crippen LogP contribution in [0.1, 0.15) is 5.56 Å². The Morgan fingerprint density at radius 3 is 2.00 bits per heavy atom. The zero-order valence-electron chi connectivity index (χ0n) is 12.9. The van der Waals surface area contributed by atoms with Crippen LogP contribution in [-0.4, -0.2) is 5.11 Å². The van der Waals surface area contributed by atoms with Gasteiger partial charge in [0.05, 0.1) is 5.56 Å². The standard InChI is InChI=1S/C19H14F3NO2/c20-19(21,22)17-12-14(8-11-18(17)24)23-13-6-9-16(10-7-13)25-15-4-2-1-3-5-15/h1-12,23-24H. The number of nitrogens with one attached hydrogen (secondary N) is 1. The molecule has 3 rings (SSSR count). The molecule has 0 fully saturated rings. The molecule has 2 N–H and O–H groups in total. The van der Waals surface area contributed by atoms with E-state index in [1.54, 1.807) is 24.3 Å². The molecule has 3 nitrogen and oxygen atoms in total. The van der Waals surface area contributed by atoms with Crippen LogP contribution in [0.15, 0.2) is 72.8 Å². The van der Waals surface area contributed by atoms with Gasteiger partial charge in [-0.3, -0.25) is 0 Å². The average Bonchev–Trinajstić information content (AvgIpc) is 2.58. The largest absolute Gasteiger partial charge is 0.507 e. The van der Waals surface area contributed by atoms with Crippen LogP contribution in [-0.2, 0) is 6.18 Å². The number of aromatic hydroxyl groups is 1. The molecule has 0 unspecified atom stereocenters. The van der Waals surface area contributed by atoms with E-state index in [4.69, 9.17) is 4.74 Å². The van der Waals surface area contributed by atoms with Crippen molar-refractivity contribution in [2.45, 2.75) is 6.18 Å². The van der Waals surface area contributed by atoms with E-state index in [1.807, 2.05) is 30.3 Å².